The quantitative estimate of drug-likeness (QED) is 0.723. The summed E-state index contributed by atoms with van der Waals surface area (Å²) in [6.45, 7) is 0.938. The highest BCUT2D eigenvalue weighted by Gasteiger charge is 2.12. The molecule has 1 aromatic rings. The third-order valence-electron chi connectivity index (χ3n) is 2.45. The number of aliphatic hydroxyl groups is 1. The molecular weight excluding hydrogens is 206 g/mol. The summed E-state index contributed by atoms with van der Waals surface area (Å²) in [7, 11) is 3.58. The van der Waals surface area contributed by atoms with E-state index in [0.717, 1.165) is 19.3 Å². The second kappa shape index (κ2) is 6.27. The lowest BCUT2D eigenvalue weighted by molar-refractivity contribution is 0.0792. The smallest absolute Gasteiger partial charge is 0.256 e. The van der Waals surface area contributed by atoms with Crippen LogP contribution in [0.4, 0.5) is 0 Å². The van der Waals surface area contributed by atoms with E-state index in [2.05, 4.69) is 5.10 Å². The van der Waals surface area contributed by atoms with Crippen LogP contribution in [0.3, 0.4) is 0 Å². The van der Waals surface area contributed by atoms with Gasteiger partial charge in [0.25, 0.3) is 5.91 Å². The minimum absolute atomic E-state index is 0.00269. The molecule has 0 radical (unpaired) electrons. The SMILES string of the molecule is CN(CCCCCO)C(=O)c1cnn(C)c1. The van der Waals surface area contributed by atoms with E-state index in [1.54, 1.807) is 36.1 Å². The van der Waals surface area contributed by atoms with Crippen molar-refractivity contribution in [1.29, 1.82) is 0 Å². The summed E-state index contributed by atoms with van der Waals surface area (Å²) in [4.78, 5) is 13.5. The molecule has 5 heteroatoms. The highest BCUT2D eigenvalue weighted by molar-refractivity contribution is 5.93. The van der Waals surface area contributed by atoms with Crippen LogP contribution in [0.1, 0.15) is 29.6 Å². The summed E-state index contributed by atoms with van der Waals surface area (Å²) in [6, 6.07) is 0. The van der Waals surface area contributed by atoms with Crippen LogP contribution in [0, 0.1) is 0 Å². The second-order valence-electron chi connectivity index (χ2n) is 3.91. The van der Waals surface area contributed by atoms with Gasteiger partial charge in [0.15, 0.2) is 0 Å². The van der Waals surface area contributed by atoms with E-state index in [-0.39, 0.29) is 12.5 Å². The van der Waals surface area contributed by atoms with Gasteiger partial charge in [-0.2, -0.15) is 5.10 Å². The van der Waals surface area contributed by atoms with Gasteiger partial charge in [-0.15, -0.1) is 0 Å². The molecule has 1 rings (SSSR count). The molecule has 0 aromatic carbocycles. The normalized spacial score (nSPS) is 10.4. The topological polar surface area (TPSA) is 58.4 Å². The van der Waals surface area contributed by atoms with Crippen LogP contribution < -0.4 is 0 Å². The number of nitrogens with zero attached hydrogens (tertiary/aromatic N) is 3. The number of rotatable bonds is 6. The fraction of sp³-hybridized carbons (Fsp3) is 0.636. The Bertz CT molecular complexity index is 336. The zero-order valence-electron chi connectivity index (χ0n) is 9.89. The molecule has 16 heavy (non-hydrogen) atoms. The van der Waals surface area contributed by atoms with E-state index >= 15 is 0 Å². The molecule has 1 N–H and O–H groups in total. The largest absolute Gasteiger partial charge is 0.396 e. The first-order valence-electron chi connectivity index (χ1n) is 5.50. The number of aliphatic hydroxyl groups excluding tert-OH is 1. The Morgan fingerprint density at radius 1 is 1.50 bits per heavy atom. The van der Waals surface area contributed by atoms with Gasteiger partial charge in [0.05, 0.1) is 11.8 Å². The van der Waals surface area contributed by atoms with E-state index in [1.165, 1.54) is 0 Å². The van der Waals surface area contributed by atoms with Crippen LogP contribution in [0.25, 0.3) is 0 Å². The van der Waals surface area contributed by atoms with Crippen molar-refractivity contribution in [3.63, 3.8) is 0 Å². The summed E-state index contributed by atoms with van der Waals surface area (Å²) in [6.07, 6.45) is 5.96. The molecule has 0 saturated carbocycles. The fourth-order valence-electron chi connectivity index (χ4n) is 1.49. The van der Waals surface area contributed by atoms with Crippen molar-refractivity contribution in [3.8, 4) is 0 Å². The van der Waals surface area contributed by atoms with E-state index in [4.69, 9.17) is 5.11 Å². The van der Waals surface area contributed by atoms with Crippen molar-refractivity contribution in [2.45, 2.75) is 19.3 Å². The lowest BCUT2D eigenvalue weighted by Crippen LogP contribution is -2.27. The third kappa shape index (κ3) is 3.66. The van der Waals surface area contributed by atoms with Crippen molar-refractivity contribution in [2.24, 2.45) is 7.05 Å². The molecule has 90 valence electrons. The number of hydrogen-bond acceptors (Lipinski definition) is 3. The predicted molar refractivity (Wildman–Crippen MR) is 61.1 cm³/mol. The van der Waals surface area contributed by atoms with Crippen LogP contribution in [0.15, 0.2) is 12.4 Å². The molecule has 0 spiro atoms. The van der Waals surface area contributed by atoms with E-state index in [0.29, 0.717) is 12.1 Å². The molecule has 0 bridgehead atoms. The summed E-state index contributed by atoms with van der Waals surface area (Å²) >= 11 is 0. The average molecular weight is 225 g/mol. The van der Waals surface area contributed by atoms with Crippen molar-refractivity contribution < 1.29 is 9.90 Å². The highest BCUT2D eigenvalue weighted by Crippen LogP contribution is 2.03. The van der Waals surface area contributed by atoms with Crippen molar-refractivity contribution >= 4 is 5.91 Å². The molecule has 1 heterocycles. The molecule has 0 aliphatic carbocycles. The Hall–Kier alpha value is -1.36. The molecule has 1 amide bonds. The first-order chi connectivity index (χ1) is 7.65. The predicted octanol–water partition coefficient (Wildman–Crippen LogP) is 0.655. The van der Waals surface area contributed by atoms with Gasteiger partial charge >= 0.3 is 0 Å². The first-order valence-corrected chi connectivity index (χ1v) is 5.50. The first kappa shape index (κ1) is 12.7. The van der Waals surface area contributed by atoms with Gasteiger partial charge in [0.2, 0.25) is 0 Å². The van der Waals surface area contributed by atoms with Crippen LogP contribution in [0.2, 0.25) is 0 Å². The zero-order chi connectivity index (χ0) is 12.0. The molecule has 0 unspecified atom stereocenters. The average Bonchev–Trinajstić information content (AvgIpc) is 2.70. The van der Waals surface area contributed by atoms with Gasteiger partial charge in [-0.3, -0.25) is 9.48 Å². The maximum Gasteiger partial charge on any atom is 0.256 e. The van der Waals surface area contributed by atoms with Gasteiger partial charge in [-0.1, -0.05) is 0 Å². The zero-order valence-corrected chi connectivity index (χ0v) is 9.89. The summed E-state index contributed by atoms with van der Waals surface area (Å²) in [5, 5.41) is 12.6. The number of hydrogen-bond donors (Lipinski definition) is 1. The molecular formula is C11H19N3O2. The van der Waals surface area contributed by atoms with Gasteiger partial charge < -0.3 is 10.0 Å². The van der Waals surface area contributed by atoms with E-state index in [1.807, 2.05) is 0 Å². The Balaban J connectivity index is 2.36. The monoisotopic (exact) mass is 225 g/mol. The lowest BCUT2D eigenvalue weighted by Gasteiger charge is -2.15. The molecule has 0 aliphatic rings. The molecule has 1 aromatic heterocycles. The Kier molecular flexibility index (Phi) is 4.98. The minimum Gasteiger partial charge on any atom is -0.396 e. The van der Waals surface area contributed by atoms with Crippen LogP contribution in [-0.2, 0) is 7.05 Å². The van der Waals surface area contributed by atoms with Gasteiger partial charge in [-0.05, 0) is 19.3 Å². The number of amides is 1. The van der Waals surface area contributed by atoms with Crippen molar-refractivity contribution in [2.75, 3.05) is 20.2 Å². The maximum atomic E-state index is 11.8. The molecule has 0 aliphatic heterocycles. The second-order valence-corrected chi connectivity index (χ2v) is 3.91. The lowest BCUT2D eigenvalue weighted by atomic mass is 10.2. The van der Waals surface area contributed by atoms with Crippen molar-refractivity contribution in [1.82, 2.24) is 14.7 Å². The van der Waals surface area contributed by atoms with E-state index < -0.39 is 0 Å². The Morgan fingerprint density at radius 2 is 2.25 bits per heavy atom. The number of aryl methyl sites for hydroxylation is 1. The molecule has 5 nitrogen and oxygen atoms in total. The number of carbonyl (C=O) groups excluding carboxylic acids is 1. The van der Waals surface area contributed by atoms with Crippen molar-refractivity contribution in [3.05, 3.63) is 18.0 Å². The fourth-order valence-corrected chi connectivity index (χ4v) is 1.49. The van der Waals surface area contributed by atoms with Crippen LogP contribution in [0.5, 0.6) is 0 Å². The summed E-state index contributed by atoms with van der Waals surface area (Å²) < 4.78 is 1.62. The van der Waals surface area contributed by atoms with Crippen LogP contribution in [-0.4, -0.2) is 45.9 Å². The Morgan fingerprint density at radius 3 is 2.81 bits per heavy atom. The highest BCUT2D eigenvalue weighted by atomic mass is 16.2. The maximum absolute atomic E-state index is 11.8. The molecule has 0 fully saturated rings. The number of carbonyl (C=O) groups is 1. The van der Waals surface area contributed by atoms with E-state index in [9.17, 15) is 4.79 Å². The molecule has 0 atom stereocenters. The number of aromatic nitrogens is 2. The Labute approximate surface area is 95.7 Å². The van der Waals surface area contributed by atoms with Crippen LogP contribution >= 0.6 is 0 Å². The number of unbranched alkanes of at least 4 members (excludes halogenated alkanes) is 2. The third-order valence-corrected chi connectivity index (χ3v) is 2.45. The minimum atomic E-state index is -0.00269. The summed E-state index contributed by atoms with van der Waals surface area (Å²) in [5.41, 5.74) is 0.618. The molecule has 0 saturated heterocycles. The standard InChI is InChI=1S/C11H19N3O2/c1-13(6-4-3-5-7-15)11(16)10-8-12-14(2)9-10/h8-9,15H,3-7H2,1-2H3. The van der Waals surface area contributed by atoms with Gasteiger partial charge in [0.1, 0.15) is 0 Å². The van der Waals surface area contributed by atoms with Gasteiger partial charge in [0, 0.05) is 33.4 Å². The summed E-state index contributed by atoms with van der Waals surface area (Å²) in [5.74, 6) is -0.00269. The van der Waals surface area contributed by atoms with Gasteiger partial charge in [-0.25, -0.2) is 0 Å².